The summed E-state index contributed by atoms with van der Waals surface area (Å²) in [6.45, 7) is 7.01. The molecule has 0 radical (unpaired) electrons. The number of hydrogen-bond donors (Lipinski definition) is 0. The Morgan fingerprint density at radius 2 is 1.14 bits per heavy atom. The molecule has 1 aromatic rings. The predicted molar refractivity (Wildman–Crippen MR) is 106 cm³/mol. The summed E-state index contributed by atoms with van der Waals surface area (Å²) in [5.41, 5.74) is 2.79. The molecule has 2 heteroatoms. The molecule has 0 amide bonds. The predicted octanol–water partition coefficient (Wildman–Crippen LogP) is 7.34. The Bertz CT molecular complexity index is 363. The van der Waals surface area contributed by atoms with Gasteiger partial charge in [-0.25, -0.2) is 0 Å². The van der Waals surface area contributed by atoms with Crippen LogP contribution in [0.3, 0.4) is 0 Å². The van der Waals surface area contributed by atoms with Crippen LogP contribution in [0.25, 0.3) is 0 Å². The quantitative estimate of drug-likeness (QED) is 0.275. The highest BCUT2D eigenvalue weighted by molar-refractivity contribution is 7.75. The lowest BCUT2D eigenvalue weighted by Crippen LogP contribution is -2.11. The van der Waals surface area contributed by atoms with Crippen molar-refractivity contribution in [3.63, 3.8) is 0 Å². The third-order valence-electron chi connectivity index (χ3n) is 4.65. The van der Waals surface area contributed by atoms with E-state index in [1.807, 2.05) is 0 Å². The minimum atomic E-state index is -0.824. The molecule has 0 nitrogen and oxygen atoms in total. The van der Waals surface area contributed by atoms with Crippen LogP contribution < -0.4 is 0 Å². The van der Waals surface area contributed by atoms with Gasteiger partial charge in [0.2, 0.25) is 0 Å². The van der Waals surface area contributed by atoms with Crippen LogP contribution in [0.15, 0.2) is 24.3 Å². The first-order valence-corrected chi connectivity index (χ1v) is 12.2. The molecule has 0 bridgehead atoms. The maximum absolute atomic E-state index is 5.92. The van der Waals surface area contributed by atoms with Crippen molar-refractivity contribution in [2.24, 2.45) is 0 Å². The largest absolute Gasteiger partial charge is 0.122 e. The molecule has 0 saturated carbocycles. The third-order valence-corrected chi connectivity index (χ3v) is 9.79. The lowest BCUT2D eigenvalue weighted by molar-refractivity contribution is 0.832. The molecule has 0 aliphatic rings. The van der Waals surface area contributed by atoms with Crippen molar-refractivity contribution in [1.82, 2.24) is 0 Å². The Balaban J connectivity index is 2.87. The number of hydrogen-bond acceptors (Lipinski definition) is 0. The fourth-order valence-electron chi connectivity index (χ4n) is 3.17. The number of rotatable bonds is 12. The molecular formula is C20H35ClP+. The maximum atomic E-state index is 5.92. The second-order valence-corrected chi connectivity index (χ2v) is 11.3. The van der Waals surface area contributed by atoms with Crippen LogP contribution in [0.5, 0.6) is 0 Å². The van der Waals surface area contributed by atoms with E-state index in [1.165, 1.54) is 68.7 Å². The summed E-state index contributed by atoms with van der Waals surface area (Å²) < 4.78 is 0. The molecule has 1 rings (SSSR count). The van der Waals surface area contributed by atoms with Crippen LogP contribution in [0.2, 0.25) is 0 Å². The van der Waals surface area contributed by atoms with E-state index in [0.717, 1.165) is 0 Å². The van der Waals surface area contributed by atoms with Crippen LogP contribution in [0.1, 0.15) is 70.4 Å². The zero-order valence-corrected chi connectivity index (χ0v) is 16.6. The van der Waals surface area contributed by atoms with E-state index in [9.17, 15) is 0 Å². The summed E-state index contributed by atoms with van der Waals surface area (Å²) in [6.07, 6.45) is 14.1. The van der Waals surface area contributed by atoms with Gasteiger partial charge in [0.05, 0.1) is 24.6 Å². The van der Waals surface area contributed by atoms with Crippen LogP contribution in [0.4, 0.5) is 0 Å². The minimum absolute atomic E-state index is 0.627. The Morgan fingerprint density at radius 1 is 0.727 bits per heavy atom. The average Bonchev–Trinajstić information content (AvgIpc) is 2.56. The first-order valence-electron chi connectivity index (χ1n) is 9.18. The van der Waals surface area contributed by atoms with Gasteiger partial charge in [-0.15, -0.1) is 11.6 Å². The summed E-state index contributed by atoms with van der Waals surface area (Å²) >= 11 is 5.92. The van der Waals surface area contributed by atoms with Crippen molar-refractivity contribution in [2.75, 3.05) is 18.5 Å². The van der Waals surface area contributed by atoms with Crippen molar-refractivity contribution in [1.29, 1.82) is 0 Å². The Morgan fingerprint density at radius 3 is 1.50 bits per heavy atom. The van der Waals surface area contributed by atoms with Crippen molar-refractivity contribution < 1.29 is 0 Å². The van der Waals surface area contributed by atoms with Gasteiger partial charge in [-0.05, 0) is 30.4 Å². The molecule has 0 unspecified atom stereocenters. The maximum Gasteiger partial charge on any atom is 0.0842 e. The van der Waals surface area contributed by atoms with Gasteiger partial charge < -0.3 is 0 Å². The first-order chi connectivity index (χ1) is 10.7. The molecule has 1 aromatic carbocycles. The van der Waals surface area contributed by atoms with Gasteiger partial charge in [-0.1, -0.05) is 64.3 Å². The second kappa shape index (κ2) is 11.5. The number of halogens is 1. The second-order valence-electron chi connectivity index (χ2n) is 6.68. The smallest absolute Gasteiger partial charge is 0.0842 e. The fraction of sp³-hybridized carbons (Fsp3) is 0.700. The molecule has 0 spiro atoms. The van der Waals surface area contributed by atoms with Gasteiger partial charge in [-0.3, -0.25) is 0 Å². The zero-order valence-electron chi connectivity index (χ0n) is 14.9. The van der Waals surface area contributed by atoms with Crippen molar-refractivity contribution in [3.8, 4) is 0 Å². The van der Waals surface area contributed by atoms with E-state index in [1.54, 1.807) is 5.56 Å². The van der Waals surface area contributed by atoms with E-state index < -0.39 is 7.26 Å². The van der Waals surface area contributed by atoms with Gasteiger partial charge in [0.15, 0.2) is 0 Å². The van der Waals surface area contributed by atoms with Crippen LogP contribution in [0, 0.1) is 0 Å². The minimum Gasteiger partial charge on any atom is -0.122 e. The van der Waals surface area contributed by atoms with Crippen molar-refractivity contribution >= 4 is 18.9 Å². The van der Waals surface area contributed by atoms with Crippen LogP contribution in [-0.4, -0.2) is 18.5 Å². The molecule has 0 heterocycles. The van der Waals surface area contributed by atoms with Crippen molar-refractivity contribution in [2.45, 2.75) is 71.3 Å². The summed E-state index contributed by atoms with van der Waals surface area (Å²) in [7, 11) is -0.824. The lowest BCUT2D eigenvalue weighted by atomic mass is 10.2. The van der Waals surface area contributed by atoms with E-state index in [0.29, 0.717) is 5.88 Å². The Kier molecular flexibility index (Phi) is 10.4. The number of alkyl halides is 1. The van der Waals surface area contributed by atoms with E-state index in [4.69, 9.17) is 11.6 Å². The first kappa shape index (κ1) is 20.0. The fourth-order valence-corrected chi connectivity index (χ4v) is 8.44. The highest BCUT2D eigenvalue weighted by Crippen LogP contribution is 2.63. The number of unbranched alkanes of at least 4 members (excludes halogenated alkanes) is 3. The molecule has 0 fully saturated rings. The molecule has 0 aliphatic heterocycles. The van der Waals surface area contributed by atoms with Gasteiger partial charge in [0.25, 0.3) is 0 Å². The molecule has 126 valence electrons. The lowest BCUT2D eigenvalue weighted by Gasteiger charge is -2.28. The van der Waals surface area contributed by atoms with Gasteiger partial charge in [0, 0.05) is 13.1 Å². The molecule has 0 N–H and O–H groups in total. The summed E-state index contributed by atoms with van der Waals surface area (Å²) in [5, 5.41) is 0. The van der Waals surface area contributed by atoms with Crippen LogP contribution in [-0.2, 0) is 12.0 Å². The highest BCUT2D eigenvalue weighted by atomic mass is 35.5. The Labute approximate surface area is 144 Å². The van der Waals surface area contributed by atoms with Gasteiger partial charge >= 0.3 is 0 Å². The van der Waals surface area contributed by atoms with Crippen LogP contribution >= 0.6 is 18.9 Å². The van der Waals surface area contributed by atoms with E-state index in [2.05, 4.69) is 45.0 Å². The summed E-state index contributed by atoms with van der Waals surface area (Å²) in [5.74, 6) is 0.627. The highest BCUT2D eigenvalue weighted by Gasteiger charge is 2.35. The monoisotopic (exact) mass is 341 g/mol. The molecule has 22 heavy (non-hydrogen) atoms. The summed E-state index contributed by atoms with van der Waals surface area (Å²) in [6, 6.07) is 9.10. The molecule has 0 aromatic heterocycles. The number of benzene rings is 1. The third kappa shape index (κ3) is 7.01. The standard InChI is InChI=1S/C20H35ClP/c1-4-7-14-22(15-8-5-2,16-9-6-3)18-20-12-10-19(17-21)11-13-20/h10-13H,4-9,14-18H2,1-3H3/q+1. The molecular weight excluding hydrogens is 307 g/mol. The molecule has 0 aliphatic carbocycles. The van der Waals surface area contributed by atoms with Gasteiger partial charge in [0.1, 0.15) is 0 Å². The summed E-state index contributed by atoms with van der Waals surface area (Å²) in [4.78, 5) is 0. The average molecular weight is 342 g/mol. The molecule has 0 atom stereocenters. The normalized spacial score (nSPS) is 11.8. The van der Waals surface area contributed by atoms with E-state index in [-0.39, 0.29) is 0 Å². The Hall–Kier alpha value is -0.0600. The zero-order chi connectivity index (χ0) is 16.3. The molecule has 0 saturated heterocycles. The van der Waals surface area contributed by atoms with Crippen molar-refractivity contribution in [3.05, 3.63) is 35.4 Å². The SMILES string of the molecule is CCCC[P+](CCCC)(CCCC)Cc1ccc(CCl)cc1. The van der Waals surface area contributed by atoms with E-state index >= 15 is 0 Å². The topological polar surface area (TPSA) is 0 Å². The van der Waals surface area contributed by atoms with Gasteiger partial charge in [-0.2, -0.15) is 0 Å².